The number of halogens is 1. The molecule has 2 N–H and O–H groups in total. The van der Waals surface area contributed by atoms with Gasteiger partial charge in [-0.1, -0.05) is 0 Å². The fourth-order valence-corrected chi connectivity index (χ4v) is 3.55. The van der Waals surface area contributed by atoms with E-state index in [4.69, 9.17) is 14.2 Å². The van der Waals surface area contributed by atoms with Crippen LogP contribution in [0.1, 0.15) is 5.56 Å². The van der Waals surface area contributed by atoms with Crippen LogP contribution in [0.5, 0.6) is 23.0 Å². The Morgan fingerprint density at radius 3 is 2.67 bits per heavy atom. The summed E-state index contributed by atoms with van der Waals surface area (Å²) in [6.07, 6.45) is 4.61. The van der Waals surface area contributed by atoms with Crippen molar-refractivity contribution in [1.29, 1.82) is 0 Å². The van der Waals surface area contributed by atoms with Crippen LogP contribution in [0.4, 0.5) is 14.9 Å². The number of benzene rings is 2. The van der Waals surface area contributed by atoms with Crippen molar-refractivity contribution in [1.82, 2.24) is 30.1 Å². The predicted molar refractivity (Wildman–Crippen MR) is 148 cm³/mol. The smallest absolute Gasteiger partial charge is 0.339 e. The molecule has 0 atom stereocenters. The van der Waals surface area contributed by atoms with E-state index in [2.05, 4.69) is 35.9 Å². The van der Waals surface area contributed by atoms with Crippen molar-refractivity contribution >= 4 is 17.9 Å². The minimum absolute atomic E-state index is 0.0261. The first-order valence-corrected chi connectivity index (χ1v) is 12.1. The molecule has 0 aliphatic rings. The van der Waals surface area contributed by atoms with Crippen LogP contribution >= 0.6 is 0 Å². The third-order valence-electron chi connectivity index (χ3n) is 5.59. The second-order valence-electron chi connectivity index (χ2n) is 8.71. The van der Waals surface area contributed by atoms with Gasteiger partial charge in [-0.15, -0.1) is 10.2 Å². The Morgan fingerprint density at radius 1 is 1.07 bits per heavy atom. The number of nitrogens with one attached hydrogen (secondary N) is 2. The number of hydrazone groups is 1. The number of anilines is 1. The molecule has 0 aliphatic heterocycles. The van der Waals surface area contributed by atoms with Gasteiger partial charge >= 0.3 is 6.03 Å². The van der Waals surface area contributed by atoms with Crippen LogP contribution in [0.25, 0.3) is 11.5 Å². The van der Waals surface area contributed by atoms with Crippen molar-refractivity contribution in [3.8, 4) is 34.5 Å². The Kier molecular flexibility index (Phi) is 9.20. The minimum Gasteiger partial charge on any atom is -0.497 e. The summed E-state index contributed by atoms with van der Waals surface area (Å²) in [5.41, 5.74) is 3.71. The molecule has 0 bridgehead atoms. The molecular formula is C27H29FN8O4. The largest absolute Gasteiger partial charge is 0.497 e. The molecule has 12 nitrogen and oxygen atoms in total. The van der Waals surface area contributed by atoms with Crippen LogP contribution < -0.4 is 25.0 Å². The highest BCUT2D eigenvalue weighted by Crippen LogP contribution is 2.28. The highest BCUT2D eigenvalue weighted by molar-refractivity contribution is 5.91. The van der Waals surface area contributed by atoms with E-state index in [-0.39, 0.29) is 11.4 Å². The summed E-state index contributed by atoms with van der Waals surface area (Å²) in [6, 6.07) is 11.8. The first-order chi connectivity index (χ1) is 19.4. The molecule has 0 spiro atoms. The molecule has 2 amide bonds. The van der Waals surface area contributed by atoms with Crippen molar-refractivity contribution in [3.05, 3.63) is 72.4 Å². The predicted octanol–water partition coefficient (Wildman–Crippen LogP) is 4.01. The SMILES string of the molecule is COc1ccc(/C=N/NC(=O)Nc2ccc(Oc3ccnc(-c4nncn4CCN(C)C)c3)c(F)c2)c(OC)c1. The second kappa shape index (κ2) is 13.2. The zero-order valence-corrected chi connectivity index (χ0v) is 22.5. The summed E-state index contributed by atoms with van der Waals surface area (Å²) in [4.78, 5) is 18.6. The normalized spacial score (nSPS) is 11.1. The molecule has 0 radical (unpaired) electrons. The van der Waals surface area contributed by atoms with Crippen molar-refractivity contribution in [2.24, 2.45) is 5.10 Å². The van der Waals surface area contributed by atoms with Gasteiger partial charge in [0.05, 0.1) is 20.4 Å². The fourth-order valence-electron chi connectivity index (χ4n) is 3.55. The lowest BCUT2D eigenvalue weighted by molar-refractivity contribution is 0.252. The number of carbonyl (C=O) groups is 1. The van der Waals surface area contributed by atoms with Crippen LogP contribution in [0, 0.1) is 5.82 Å². The zero-order chi connectivity index (χ0) is 28.5. The third kappa shape index (κ3) is 7.29. The number of methoxy groups -OCH3 is 2. The molecule has 0 fully saturated rings. The van der Waals surface area contributed by atoms with E-state index in [0.29, 0.717) is 40.9 Å². The quantitative estimate of drug-likeness (QED) is 0.213. The Bertz CT molecular complexity index is 1490. The van der Waals surface area contributed by atoms with Gasteiger partial charge in [-0.05, 0) is 44.4 Å². The molecule has 40 heavy (non-hydrogen) atoms. The average molecular weight is 549 g/mol. The van der Waals surface area contributed by atoms with Crippen LogP contribution in [0.3, 0.4) is 0 Å². The van der Waals surface area contributed by atoms with Gasteiger partial charge in [-0.2, -0.15) is 5.10 Å². The maximum atomic E-state index is 14.8. The first kappa shape index (κ1) is 28.0. The van der Waals surface area contributed by atoms with Gasteiger partial charge in [0.1, 0.15) is 29.3 Å². The van der Waals surface area contributed by atoms with Crippen LogP contribution in [0.15, 0.2) is 66.2 Å². The Hall–Kier alpha value is -5.04. The van der Waals surface area contributed by atoms with E-state index in [1.807, 2.05) is 18.7 Å². The summed E-state index contributed by atoms with van der Waals surface area (Å²) < 4.78 is 32.9. The minimum atomic E-state index is -0.670. The van der Waals surface area contributed by atoms with E-state index < -0.39 is 11.8 Å². The van der Waals surface area contributed by atoms with Gasteiger partial charge in [0.2, 0.25) is 0 Å². The Morgan fingerprint density at radius 2 is 1.93 bits per heavy atom. The maximum absolute atomic E-state index is 14.8. The molecular weight excluding hydrogens is 519 g/mol. The number of pyridine rings is 1. The van der Waals surface area contributed by atoms with Crippen molar-refractivity contribution in [2.45, 2.75) is 6.54 Å². The summed E-state index contributed by atoms with van der Waals surface area (Å²) in [6.45, 7) is 1.48. The molecule has 2 aromatic carbocycles. The maximum Gasteiger partial charge on any atom is 0.339 e. The van der Waals surface area contributed by atoms with Crippen molar-refractivity contribution in [3.63, 3.8) is 0 Å². The average Bonchev–Trinajstić information content (AvgIpc) is 3.42. The van der Waals surface area contributed by atoms with E-state index in [1.165, 1.54) is 25.5 Å². The summed E-state index contributed by atoms with van der Waals surface area (Å²) in [7, 11) is 7.03. The molecule has 0 aliphatic carbocycles. The molecule has 2 aromatic heterocycles. The lowest BCUT2D eigenvalue weighted by Gasteiger charge is -2.12. The van der Waals surface area contributed by atoms with Crippen LogP contribution in [-0.4, -0.2) is 71.8 Å². The van der Waals surface area contributed by atoms with Gasteiger partial charge in [0.15, 0.2) is 17.4 Å². The first-order valence-electron chi connectivity index (χ1n) is 12.1. The van der Waals surface area contributed by atoms with Gasteiger partial charge in [0.25, 0.3) is 0 Å². The number of hydrogen-bond acceptors (Lipinski definition) is 9. The summed E-state index contributed by atoms with van der Waals surface area (Å²) in [5.74, 6) is 1.40. The fraction of sp³-hybridized carbons (Fsp3) is 0.222. The monoisotopic (exact) mass is 548 g/mol. The lowest BCUT2D eigenvalue weighted by Crippen LogP contribution is -2.24. The van der Waals surface area contributed by atoms with Gasteiger partial charge in [0, 0.05) is 48.7 Å². The van der Waals surface area contributed by atoms with E-state index in [9.17, 15) is 9.18 Å². The number of likely N-dealkylation sites (N-methyl/N-ethyl adjacent to an activating group) is 1. The molecule has 0 unspecified atom stereocenters. The Labute approximate surface area is 230 Å². The third-order valence-corrected chi connectivity index (χ3v) is 5.59. The van der Waals surface area contributed by atoms with Crippen LogP contribution in [0.2, 0.25) is 0 Å². The molecule has 2 heterocycles. The summed E-state index contributed by atoms with van der Waals surface area (Å²) >= 11 is 0. The number of urea groups is 1. The summed E-state index contributed by atoms with van der Waals surface area (Å²) in [5, 5.41) is 14.6. The molecule has 13 heteroatoms. The van der Waals surface area contributed by atoms with E-state index >= 15 is 0 Å². The Balaban J connectivity index is 1.37. The van der Waals surface area contributed by atoms with Gasteiger partial charge < -0.3 is 29.0 Å². The zero-order valence-electron chi connectivity index (χ0n) is 22.5. The second-order valence-corrected chi connectivity index (χ2v) is 8.71. The lowest BCUT2D eigenvalue weighted by atomic mass is 10.2. The van der Waals surface area contributed by atoms with E-state index in [0.717, 1.165) is 12.6 Å². The topological polar surface area (TPSA) is 128 Å². The highest BCUT2D eigenvalue weighted by Gasteiger charge is 2.13. The van der Waals surface area contributed by atoms with Crippen molar-refractivity contribution < 1.29 is 23.4 Å². The number of amides is 2. The van der Waals surface area contributed by atoms with Crippen molar-refractivity contribution in [2.75, 3.05) is 40.2 Å². The standard InChI is InChI=1S/C27H29FN8O4/c1-35(2)11-12-36-17-31-33-26(36)23-14-21(9-10-29-23)40-24-8-6-19(13-22(24)28)32-27(37)34-30-16-18-5-7-20(38-3)15-25(18)39-4/h5-10,13-17H,11-12H2,1-4H3,(H2,32,34,37)/b30-16+. The molecule has 0 saturated heterocycles. The molecule has 0 saturated carbocycles. The molecule has 208 valence electrons. The number of aromatic nitrogens is 4. The number of hydrogen-bond donors (Lipinski definition) is 2. The van der Waals surface area contributed by atoms with Crippen LogP contribution in [-0.2, 0) is 6.54 Å². The number of ether oxygens (including phenoxy) is 3. The van der Waals surface area contributed by atoms with Gasteiger partial charge in [-0.25, -0.2) is 14.6 Å². The van der Waals surface area contributed by atoms with E-state index in [1.54, 1.807) is 50.0 Å². The number of rotatable bonds is 11. The molecule has 4 aromatic rings. The number of nitrogens with zero attached hydrogens (tertiary/aromatic N) is 6. The number of carbonyl (C=O) groups excluding carboxylic acids is 1. The highest BCUT2D eigenvalue weighted by atomic mass is 19.1. The molecule has 4 rings (SSSR count). The van der Waals surface area contributed by atoms with Gasteiger partial charge in [-0.3, -0.25) is 4.98 Å².